The van der Waals surface area contributed by atoms with Crippen molar-refractivity contribution in [2.45, 2.75) is 12.8 Å². The number of hydrogen-bond acceptors (Lipinski definition) is 2. The third-order valence-corrected chi connectivity index (χ3v) is 1.30. The second kappa shape index (κ2) is 2.28. The summed E-state index contributed by atoms with van der Waals surface area (Å²) < 4.78 is 0. The molecule has 0 saturated carbocycles. The Labute approximate surface area is 59.4 Å². The molecule has 0 aromatic heterocycles. The van der Waals surface area contributed by atoms with Gasteiger partial charge in [0.15, 0.2) is 0 Å². The number of carbonyl (C=O) groups is 2. The third-order valence-electron chi connectivity index (χ3n) is 1.30. The molecule has 52 valence electrons. The molecule has 4 heteroatoms. The lowest BCUT2D eigenvalue weighted by Gasteiger charge is -2.30. The number of rotatable bonds is 0. The van der Waals surface area contributed by atoms with Crippen molar-refractivity contribution in [3.8, 4) is 0 Å². The molecule has 0 bridgehead atoms. The fraction of sp³-hybridized carbons (Fsp3) is 0.333. The van der Waals surface area contributed by atoms with E-state index in [1.165, 1.54) is 0 Å². The zero-order valence-electron chi connectivity index (χ0n) is 5.28. The summed E-state index contributed by atoms with van der Waals surface area (Å²) in [6, 6.07) is 0. The van der Waals surface area contributed by atoms with Crippen LogP contribution in [-0.4, -0.2) is 21.8 Å². The molecule has 0 aromatic carbocycles. The maximum absolute atomic E-state index is 10.7. The average molecular weight is 138 g/mol. The molecule has 0 aromatic rings. The van der Waals surface area contributed by atoms with E-state index in [9.17, 15) is 9.59 Å². The first kappa shape index (κ1) is 7.05. The number of carbonyl (C=O) groups excluding carboxylic acids is 2. The molecule has 4 nitrogen and oxygen atoms in total. The van der Waals surface area contributed by atoms with Crippen molar-refractivity contribution in [2.24, 2.45) is 0 Å². The van der Waals surface area contributed by atoms with E-state index in [2.05, 4.69) is 0 Å². The SMILES string of the molecule is [CH]N1C(=O)CCC(=O)N1[CH]. The molecule has 1 saturated heterocycles. The summed E-state index contributed by atoms with van der Waals surface area (Å²) in [5.41, 5.74) is 0. The molecule has 1 rings (SSSR count). The van der Waals surface area contributed by atoms with Crippen LogP contribution in [0.25, 0.3) is 0 Å². The molecular weight excluding hydrogens is 132 g/mol. The van der Waals surface area contributed by atoms with Gasteiger partial charge in [-0.05, 0) is 0 Å². The molecule has 0 N–H and O–H groups in total. The highest BCUT2D eigenvalue weighted by atomic mass is 16.2. The van der Waals surface area contributed by atoms with Gasteiger partial charge in [-0.15, -0.1) is 0 Å². The monoisotopic (exact) mass is 138 g/mol. The molecule has 0 atom stereocenters. The van der Waals surface area contributed by atoms with Crippen molar-refractivity contribution in [1.29, 1.82) is 0 Å². The predicted molar refractivity (Wildman–Crippen MR) is 31.5 cm³/mol. The lowest BCUT2D eigenvalue weighted by molar-refractivity contribution is -0.159. The summed E-state index contributed by atoms with van der Waals surface area (Å²) in [5, 5.41) is 1.23. The van der Waals surface area contributed by atoms with Crippen molar-refractivity contribution < 1.29 is 9.59 Å². The molecule has 2 amide bonds. The summed E-state index contributed by atoms with van der Waals surface area (Å²) >= 11 is 0. The molecule has 10 heavy (non-hydrogen) atoms. The minimum atomic E-state index is -0.345. The molecule has 0 aliphatic carbocycles. The summed E-state index contributed by atoms with van der Waals surface area (Å²) in [6.45, 7) is 0. The van der Waals surface area contributed by atoms with Crippen LogP contribution in [0.4, 0.5) is 0 Å². The maximum atomic E-state index is 10.7. The normalized spacial score (nSPS) is 20.2. The van der Waals surface area contributed by atoms with E-state index in [1.807, 2.05) is 0 Å². The largest absolute Gasteiger partial charge is 0.273 e. The van der Waals surface area contributed by atoms with Gasteiger partial charge in [0.25, 0.3) is 0 Å². The first-order chi connectivity index (χ1) is 4.63. The first-order valence-corrected chi connectivity index (χ1v) is 2.78. The molecule has 1 aliphatic rings. The Morgan fingerprint density at radius 3 is 1.60 bits per heavy atom. The summed E-state index contributed by atoms with van der Waals surface area (Å²) in [5.74, 6) is -0.691. The van der Waals surface area contributed by atoms with Gasteiger partial charge < -0.3 is 0 Å². The van der Waals surface area contributed by atoms with Crippen LogP contribution in [0.1, 0.15) is 12.8 Å². The van der Waals surface area contributed by atoms with E-state index in [0.717, 1.165) is 0 Å². The van der Waals surface area contributed by atoms with Crippen molar-refractivity contribution in [3.05, 3.63) is 14.1 Å². The Hall–Kier alpha value is -1.06. The molecule has 0 unspecified atom stereocenters. The quantitative estimate of drug-likeness (QED) is 0.460. The van der Waals surface area contributed by atoms with Crippen molar-refractivity contribution >= 4 is 11.8 Å². The second-order valence-electron chi connectivity index (χ2n) is 1.98. The van der Waals surface area contributed by atoms with Gasteiger partial charge in [0.05, 0.1) is 0 Å². The van der Waals surface area contributed by atoms with Crippen LogP contribution in [0, 0.1) is 14.1 Å². The van der Waals surface area contributed by atoms with Crippen LogP contribution in [0.15, 0.2) is 0 Å². The fourth-order valence-corrected chi connectivity index (χ4v) is 0.683. The minimum absolute atomic E-state index is 0.142. The Balaban J connectivity index is 2.69. The lowest BCUT2D eigenvalue weighted by Crippen LogP contribution is -2.46. The predicted octanol–water partition coefficient (Wildman–Crippen LogP) is -0.310. The number of amides is 2. The van der Waals surface area contributed by atoms with Crippen LogP contribution >= 0.6 is 0 Å². The second-order valence-corrected chi connectivity index (χ2v) is 1.98. The van der Waals surface area contributed by atoms with Crippen LogP contribution < -0.4 is 0 Å². The maximum Gasteiger partial charge on any atom is 0.242 e. The Morgan fingerprint density at radius 2 is 1.30 bits per heavy atom. The highest BCUT2D eigenvalue weighted by Crippen LogP contribution is 2.10. The van der Waals surface area contributed by atoms with E-state index < -0.39 is 0 Å². The van der Waals surface area contributed by atoms with Gasteiger partial charge in [0.2, 0.25) is 11.8 Å². The highest BCUT2D eigenvalue weighted by Gasteiger charge is 2.25. The van der Waals surface area contributed by atoms with Gasteiger partial charge in [-0.3, -0.25) is 9.59 Å². The van der Waals surface area contributed by atoms with Crippen molar-refractivity contribution in [2.75, 3.05) is 0 Å². The van der Waals surface area contributed by atoms with Gasteiger partial charge >= 0.3 is 0 Å². The van der Waals surface area contributed by atoms with Gasteiger partial charge in [-0.2, -0.15) is 0 Å². The van der Waals surface area contributed by atoms with Crippen LogP contribution in [0.2, 0.25) is 0 Å². The van der Waals surface area contributed by atoms with E-state index in [-0.39, 0.29) is 24.7 Å². The average Bonchev–Trinajstić information content (AvgIpc) is 1.93. The van der Waals surface area contributed by atoms with E-state index in [4.69, 9.17) is 14.1 Å². The molecule has 1 aliphatic heterocycles. The zero-order chi connectivity index (χ0) is 7.72. The Morgan fingerprint density at radius 1 is 1.00 bits per heavy atom. The van der Waals surface area contributed by atoms with Crippen molar-refractivity contribution in [3.63, 3.8) is 0 Å². The summed E-state index contributed by atoms with van der Waals surface area (Å²) in [7, 11) is 10.2. The Bertz CT molecular complexity index is 159. The molecule has 1 fully saturated rings. The third kappa shape index (κ3) is 0.964. The van der Waals surface area contributed by atoms with Gasteiger partial charge in [0.1, 0.15) is 14.1 Å². The van der Waals surface area contributed by atoms with Crippen LogP contribution in [0.3, 0.4) is 0 Å². The van der Waals surface area contributed by atoms with Crippen LogP contribution in [-0.2, 0) is 9.59 Å². The van der Waals surface area contributed by atoms with Gasteiger partial charge in [-0.25, -0.2) is 10.0 Å². The smallest absolute Gasteiger partial charge is 0.242 e. The van der Waals surface area contributed by atoms with E-state index >= 15 is 0 Å². The molecule has 1 heterocycles. The molecular formula is C6H6N2O2. The van der Waals surface area contributed by atoms with Gasteiger partial charge in [-0.1, -0.05) is 0 Å². The highest BCUT2D eigenvalue weighted by molar-refractivity contribution is 5.89. The topological polar surface area (TPSA) is 40.6 Å². The Kier molecular flexibility index (Phi) is 1.61. The number of hydrogen-bond donors (Lipinski definition) is 0. The van der Waals surface area contributed by atoms with E-state index in [1.54, 1.807) is 0 Å². The molecule has 0 spiro atoms. The molecule has 4 radical (unpaired) electrons. The fourth-order valence-electron chi connectivity index (χ4n) is 0.683. The standard InChI is InChI=1S/C6H6N2O2/c1-7-5(9)3-4-6(10)8(7)2/h1-2H,3-4H2. The lowest BCUT2D eigenvalue weighted by atomic mass is 10.2. The first-order valence-electron chi connectivity index (χ1n) is 2.78. The number of nitrogens with zero attached hydrogens (tertiary/aromatic N) is 2. The van der Waals surface area contributed by atoms with Gasteiger partial charge in [0, 0.05) is 12.8 Å². The van der Waals surface area contributed by atoms with Crippen LogP contribution in [0.5, 0.6) is 0 Å². The van der Waals surface area contributed by atoms with E-state index in [0.29, 0.717) is 10.0 Å². The minimum Gasteiger partial charge on any atom is -0.273 e. The summed E-state index contributed by atoms with van der Waals surface area (Å²) in [6.07, 6.45) is 0.284. The zero-order valence-corrected chi connectivity index (χ0v) is 5.28. The number of hydrazine groups is 1. The summed E-state index contributed by atoms with van der Waals surface area (Å²) in [4.78, 5) is 21.4. The van der Waals surface area contributed by atoms with Crippen molar-refractivity contribution in [1.82, 2.24) is 10.0 Å².